The Morgan fingerprint density at radius 2 is 1.94 bits per heavy atom. The van der Waals surface area contributed by atoms with E-state index in [1.165, 1.54) is 18.4 Å². The molecule has 1 N–H and O–H groups in total. The zero-order valence-corrected chi connectivity index (χ0v) is 12.8. The van der Waals surface area contributed by atoms with Gasteiger partial charge in [-0.25, -0.2) is 0 Å². The summed E-state index contributed by atoms with van der Waals surface area (Å²) in [5, 5.41) is 4.63. The Balaban J connectivity index is 2.23. The Morgan fingerprint density at radius 1 is 1.28 bits per heavy atom. The average molecular weight is 286 g/mol. The first kappa shape index (κ1) is 14.2. The van der Waals surface area contributed by atoms with Gasteiger partial charge in [-0.15, -0.1) is 0 Å². The molecule has 1 aliphatic rings. The lowest BCUT2D eigenvalue weighted by Crippen LogP contribution is -2.49. The number of nitrogens with one attached hydrogen (secondary N) is 1. The summed E-state index contributed by atoms with van der Waals surface area (Å²) < 4.78 is 0. The van der Waals surface area contributed by atoms with E-state index in [4.69, 9.17) is 23.2 Å². The first-order valence-electron chi connectivity index (χ1n) is 6.58. The second kappa shape index (κ2) is 5.40. The van der Waals surface area contributed by atoms with E-state index in [9.17, 15) is 0 Å². The van der Waals surface area contributed by atoms with Crippen molar-refractivity contribution in [3.05, 3.63) is 33.8 Å². The summed E-state index contributed by atoms with van der Waals surface area (Å²) in [6.07, 6.45) is 2.48. The standard InChI is InChI=1S/C15H21Cl2N/c1-10(2)11-7-15(8-11,9-18-3)12-4-5-13(16)14(17)6-12/h4-6,10-11,18H,7-9H2,1-3H3. The molecule has 3 heteroatoms. The van der Waals surface area contributed by atoms with Gasteiger partial charge in [-0.05, 0) is 49.4 Å². The van der Waals surface area contributed by atoms with Crippen molar-refractivity contribution in [1.29, 1.82) is 0 Å². The predicted octanol–water partition coefficient (Wildman–Crippen LogP) is 4.52. The molecule has 18 heavy (non-hydrogen) atoms. The topological polar surface area (TPSA) is 12.0 Å². The minimum atomic E-state index is 0.248. The Hall–Kier alpha value is -0.240. The highest BCUT2D eigenvalue weighted by Crippen LogP contribution is 2.51. The van der Waals surface area contributed by atoms with E-state index < -0.39 is 0 Å². The van der Waals surface area contributed by atoms with Crippen LogP contribution in [0.3, 0.4) is 0 Å². The first-order chi connectivity index (χ1) is 8.48. The molecule has 2 rings (SSSR count). The van der Waals surface area contributed by atoms with Gasteiger partial charge in [0.25, 0.3) is 0 Å². The molecule has 0 spiro atoms. The fourth-order valence-electron chi connectivity index (χ4n) is 3.06. The molecule has 0 aliphatic heterocycles. The summed E-state index contributed by atoms with van der Waals surface area (Å²) in [5.41, 5.74) is 1.57. The highest BCUT2D eigenvalue weighted by Gasteiger charge is 2.45. The van der Waals surface area contributed by atoms with Crippen molar-refractivity contribution in [1.82, 2.24) is 5.32 Å². The van der Waals surface area contributed by atoms with Crippen LogP contribution in [-0.4, -0.2) is 13.6 Å². The van der Waals surface area contributed by atoms with E-state index in [0.717, 1.165) is 18.4 Å². The third-order valence-corrected chi connectivity index (χ3v) is 5.03. The van der Waals surface area contributed by atoms with E-state index in [1.807, 2.05) is 19.2 Å². The zero-order chi connectivity index (χ0) is 13.3. The molecule has 0 heterocycles. The van der Waals surface area contributed by atoms with Gasteiger partial charge < -0.3 is 5.32 Å². The fourth-order valence-corrected chi connectivity index (χ4v) is 3.36. The van der Waals surface area contributed by atoms with Crippen molar-refractivity contribution in [2.75, 3.05) is 13.6 Å². The summed E-state index contributed by atoms with van der Waals surface area (Å²) in [6.45, 7) is 5.62. The van der Waals surface area contributed by atoms with Crippen LogP contribution in [0.25, 0.3) is 0 Å². The lowest BCUT2D eigenvalue weighted by molar-refractivity contribution is 0.0996. The average Bonchev–Trinajstić information content (AvgIpc) is 2.26. The van der Waals surface area contributed by atoms with E-state index in [1.54, 1.807) is 0 Å². The molecule has 1 saturated carbocycles. The maximum Gasteiger partial charge on any atom is 0.0595 e. The summed E-state index contributed by atoms with van der Waals surface area (Å²) >= 11 is 12.1. The van der Waals surface area contributed by atoms with Crippen molar-refractivity contribution in [3.8, 4) is 0 Å². The summed E-state index contributed by atoms with van der Waals surface area (Å²) in [5.74, 6) is 1.59. The smallest absolute Gasteiger partial charge is 0.0595 e. The van der Waals surface area contributed by atoms with Crippen LogP contribution in [0.4, 0.5) is 0 Å². The summed E-state index contributed by atoms with van der Waals surface area (Å²) in [4.78, 5) is 0. The molecule has 0 atom stereocenters. The highest BCUT2D eigenvalue weighted by atomic mass is 35.5. The third-order valence-electron chi connectivity index (χ3n) is 4.30. The maximum atomic E-state index is 6.15. The highest BCUT2D eigenvalue weighted by molar-refractivity contribution is 6.42. The fraction of sp³-hybridized carbons (Fsp3) is 0.600. The van der Waals surface area contributed by atoms with Gasteiger partial charge in [-0.1, -0.05) is 43.1 Å². The minimum Gasteiger partial charge on any atom is -0.319 e. The third kappa shape index (κ3) is 2.54. The quantitative estimate of drug-likeness (QED) is 0.858. The van der Waals surface area contributed by atoms with Gasteiger partial charge in [-0.3, -0.25) is 0 Å². The zero-order valence-electron chi connectivity index (χ0n) is 11.3. The van der Waals surface area contributed by atoms with Gasteiger partial charge >= 0.3 is 0 Å². The number of likely N-dealkylation sites (N-methyl/N-ethyl adjacent to an activating group) is 1. The predicted molar refractivity (Wildman–Crippen MR) is 79.6 cm³/mol. The number of halogens is 2. The molecule has 0 radical (unpaired) electrons. The van der Waals surface area contributed by atoms with Crippen LogP contribution in [0.2, 0.25) is 10.0 Å². The van der Waals surface area contributed by atoms with Crippen LogP contribution in [0.5, 0.6) is 0 Å². The molecule has 1 nitrogen and oxygen atoms in total. The van der Waals surface area contributed by atoms with Crippen LogP contribution in [0, 0.1) is 11.8 Å². The number of hydrogen-bond donors (Lipinski definition) is 1. The van der Waals surface area contributed by atoms with Crippen LogP contribution in [0.15, 0.2) is 18.2 Å². The molecule has 1 aromatic rings. The van der Waals surface area contributed by atoms with Crippen molar-refractivity contribution in [2.45, 2.75) is 32.1 Å². The van der Waals surface area contributed by atoms with Crippen LogP contribution < -0.4 is 5.32 Å². The van der Waals surface area contributed by atoms with Crippen molar-refractivity contribution in [2.24, 2.45) is 11.8 Å². The SMILES string of the molecule is CNCC1(c2ccc(Cl)c(Cl)c2)CC(C(C)C)C1. The second-order valence-corrected chi connectivity index (χ2v) is 6.67. The lowest BCUT2D eigenvalue weighted by atomic mass is 9.56. The molecular formula is C15H21Cl2N. The molecule has 0 bridgehead atoms. The van der Waals surface area contributed by atoms with Crippen LogP contribution in [-0.2, 0) is 5.41 Å². The maximum absolute atomic E-state index is 6.15. The Bertz CT molecular complexity index is 423. The summed E-state index contributed by atoms with van der Waals surface area (Å²) in [6, 6.07) is 6.08. The van der Waals surface area contributed by atoms with E-state index in [-0.39, 0.29) is 5.41 Å². The van der Waals surface area contributed by atoms with Crippen molar-refractivity contribution < 1.29 is 0 Å². The molecule has 0 unspecified atom stereocenters. The normalized spacial score (nSPS) is 27.3. The summed E-state index contributed by atoms with van der Waals surface area (Å²) in [7, 11) is 2.02. The Kier molecular flexibility index (Phi) is 4.25. The Morgan fingerprint density at radius 3 is 2.44 bits per heavy atom. The van der Waals surface area contributed by atoms with Crippen LogP contribution >= 0.6 is 23.2 Å². The van der Waals surface area contributed by atoms with E-state index in [0.29, 0.717) is 10.0 Å². The monoisotopic (exact) mass is 285 g/mol. The molecule has 1 aromatic carbocycles. The van der Waals surface area contributed by atoms with Gasteiger partial charge in [0, 0.05) is 12.0 Å². The van der Waals surface area contributed by atoms with Gasteiger partial charge in [0.1, 0.15) is 0 Å². The molecule has 1 fully saturated rings. The van der Waals surface area contributed by atoms with Crippen molar-refractivity contribution >= 4 is 23.2 Å². The van der Waals surface area contributed by atoms with Gasteiger partial charge in [0.05, 0.1) is 10.0 Å². The largest absolute Gasteiger partial charge is 0.319 e. The second-order valence-electron chi connectivity index (χ2n) is 5.85. The first-order valence-corrected chi connectivity index (χ1v) is 7.34. The number of benzene rings is 1. The lowest BCUT2D eigenvalue weighted by Gasteiger charge is -2.50. The Labute approximate surface area is 120 Å². The van der Waals surface area contributed by atoms with Gasteiger partial charge in [0.2, 0.25) is 0 Å². The minimum absolute atomic E-state index is 0.248. The molecule has 0 amide bonds. The van der Waals surface area contributed by atoms with Crippen molar-refractivity contribution in [3.63, 3.8) is 0 Å². The van der Waals surface area contributed by atoms with Gasteiger partial charge in [0.15, 0.2) is 0 Å². The molecule has 1 aliphatic carbocycles. The van der Waals surface area contributed by atoms with Gasteiger partial charge in [-0.2, -0.15) is 0 Å². The number of hydrogen-bond acceptors (Lipinski definition) is 1. The van der Waals surface area contributed by atoms with Crippen LogP contribution in [0.1, 0.15) is 32.3 Å². The van der Waals surface area contributed by atoms with E-state index in [2.05, 4.69) is 25.2 Å². The molecule has 0 aromatic heterocycles. The molecular weight excluding hydrogens is 265 g/mol. The molecule has 100 valence electrons. The van der Waals surface area contributed by atoms with E-state index >= 15 is 0 Å². The number of rotatable bonds is 4. The molecule has 0 saturated heterocycles.